The molecular formula is C17H17F3N4OS. The molecule has 3 rings (SSSR count). The number of rotatable bonds is 6. The molecule has 2 heterocycles. The molecule has 1 aromatic carbocycles. The standard InChI is InChI=1S/C17H17F3N4OS/c1-11(2)15-22-14(25-23-15)9-26-16-21-8-13(12-6-4-3-5-7-12)24(16)10-17(18,19)20/h3-8,11H,9-10H2,1-2H3. The topological polar surface area (TPSA) is 56.7 Å². The molecule has 0 unspecified atom stereocenters. The van der Waals surface area contributed by atoms with Crippen molar-refractivity contribution in [1.29, 1.82) is 0 Å². The zero-order valence-corrected chi connectivity index (χ0v) is 15.0. The van der Waals surface area contributed by atoms with E-state index in [1.165, 1.54) is 10.8 Å². The molecule has 2 aromatic heterocycles. The summed E-state index contributed by atoms with van der Waals surface area (Å²) in [6.07, 6.45) is -2.90. The molecule has 0 radical (unpaired) electrons. The molecule has 0 aliphatic rings. The molecule has 0 aliphatic heterocycles. The lowest BCUT2D eigenvalue weighted by Crippen LogP contribution is -2.19. The molecule has 5 nitrogen and oxygen atoms in total. The van der Waals surface area contributed by atoms with Crippen molar-refractivity contribution in [1.82, 2.24) is 19.7 Å². The molecule has 0 N–H and O–H groups in total. The highest BCUT2D eigenvalue weighted by molar-refractivity contribution is 7.98. The predicted octanol–water partition coefficient (Wildman–Crippen LogP) is 4.91. The number of thioether (sulfide) groups is 1. The van der Waals surface area contributed by atoms with Crippen LogP contribution in [0.15, 0.2) is 46.2 Å². The maximum Gasteiger partial charge on any atom is 0.406 e. The van der Waals surface area contributed by atoms with Crippen molar-refractivity contribution in [2.24, 2.45) is 0 Å². The minimum atomic E-state index is -4.35. The van der Waals surface area contributed by atoms with Crippen molar-refractivity contribution < 1.29 is 17.7 Å². The highest BCUT2D eigenvalue weighted by atomic mass is 32.2. The molecule has 138 valence electrons. The van der Waals surface area contributed by atoms with Gasteiger partial charge in [-0.3, -0.25) is 0 Å². The van der Waals surface area contributed by atoms with Crippen LogP contribution >= 0.6 is 11.8 Å². The van der Waals surface area contributed by atoms with E-state index < -0.39 is 12.7 Å². The summed E-state index contributed by atoms with van der Waals surface area (Å²) < 4.78 is 45.5. The zero-order valence-electron chi connectivity index (χ0n) is 14.2. The van der Waals surface area contributed by atoms with E-state index in [1.807, 2.05) is 19.9 Å². The summed E-state index contributed by atoms with van der Waals surface area (Å²) in [5.41, 5.74) is 1.09. The second kappa shape index (κ2) is 7.53. The van der Waals surface area contributed by atoms with Crippen LogP contribution in [0.4, 0.5) is 13.2 Å². The maximum atomic E-state index is 13.1. The number of hydrogen-bond donors (Lipinski definition) is 0. The first-order chi connectivity index (χ1) is 12.3. The Morgan fingerprint density at radius 3 is 2.54 bits per heavy atom. The van der Waals surface area contributed by atoms with Crippen LogP contribution in [0.1, 0.15) is 31.5 Å². The Hall–Kier alpha value is -2.29. The first-order valence-corrected chi connectivity index (χ1v) is 8.95. The van der Waals surface area contributed by atoms with Crippen molar-refractivity contribution in [2.45, 2.75) is 43.4 Å². The molecule has 3 aromatic rings. The van der Waals surface area contributed by atoms with Crippen molar-refractivity contribution >= 4 is 11.8 Å². The van der Waals surface area contributed by atoms with Gasteiger partial charge >= 0.3 is 6.18 Å². The predicted molar refractivity (Wildman–Crippen MR) is 91.7 cm³/mol. The lowest BCUT2D eigenvalue weighted by molar-refractivity contribution is -0.141. The monoisotopic (exact) mass is 382 g/mol. The fourth-order valence-corrected chi connectivity index (χ4v) is 3.15. The maximum absolute atomic E-state index is 13.1. The van der Waals surface area contributed by atoms with Crippen LogP contribution in [0.2, 0.25) is 0 Å². The largest absolute Gasteiger partial charge is 0.406 e. The number of aromatic nitrogens is 4. The molecule has 0 fully saturated rings. The second-order valence-corrected chi connectivity index (χ2v) is 6.93. The first kappa shape index (κ1) is 18.5. The zero-order chi connectivity index (χ0) is 18.7. The summed E-state index contributed by atoms with van der Waals surface area (Å²) in [4.78, 5) is 8.41. The quantitative estimate of drug-likeness (QED) is 0.567. The molecule has 0 bridgehead atoms. The van der Waals surface area contributed by atoms with Crippen LogP contribution in [-0.2, 0) is 12.3 Å². The second-order valence-electron chi connectivity index (χ2n) is 5.98. The minimum Gasteiger partial charge on any atom is -0.338 e. The number of hydrogen-bond acceptors (Lipinski definition) is 5. The van der Waals surface area contributed by atoms with Gasteiger partial charge in [0.1, 0.15) is 6.54 Å². The van der Waals surface area contributed by atoms with Gasteiger partial charge in [0.25, 0.3) is 0 Å². The molecular weight excluding hydrogens is 365 g/mol. The Balaban J connectivity index is 1.85. The van der Waals surface area contributed by atoms with E-state index in [-0.39, 0.29) is 16.8 Å². The fourth-order valence-electron chi connectivity index (χ4n) is 2.33. The van der Waals surface area contributed by atoms with Crippen molar-refractivity contribution in [2.75, 3.05) is 0 Å². The molecule has 0 atom stereocenters. The average Bonchev–Trinajstić information content (AvgIpc) is 3.19. The number of halogens is 3. The molecule has 0 spiro atoms. The van der Waals surface area contributed by atoms with Crippen LogP contribution in [0, 0.1) is 0 Å². The van der Waals surface area contributed by atoms with Gasteiger partial charge in [0.15, 0.2) is 11.0 Å². The minimum absolute atomic E-state index is 0.120. The van der Waals surface area contributed by atoms with Gasteiger partial charge in [-0.25, -0.2) is 4.98 Å². The summed E-state index contributed by atoms with van der Waals surface area (Å²) in [6, 6.07) is 8.87. The van der Waals surface area contributed by atoms with E-state index in [2.05, 4.69) is 15.1 Å². The van der Waals surface area contributed by atoms with E-state index in [0.29, 0.717) is 23.0 Å². The summed E-state index contributed by atoms with van der Waals surface area (Å²) >= 11 is 1.14. The fraction of sp³-hybridized carbons (Fsp3) is 0.353. The van der Waals surface area contributed by atoms with Gasteiger partial charge in [-0.15, -0.1) is 0 Å². The molecule has 0 amide bonds. The van der Waals surface area contributed by atoms with Gasteiger partial charge in [-0.2, -0.15) is 18.2 Å². The van der Waals surface area contributed by atoms with Crippen LogP contribution in [-0.4, -0.2) is 25.9 Å². The lowest BCUT2D eigenvalue weighted by Gasteiger charge is -2.13. The Morgan fingerprint density at radius 1 is 1.19 bits per heavy atom. The number of imidazole rings is 1. The molecule has 26 heavy (non-hydrogen) atoms. The third-order valence-electron chi connectivity index (χ3n) is 3.55. The highest BCUT2D eigenvalue weighted by Gasteiger charge is 2.31. The van der Waals surface area contributed by atoms with Crippen molar-refractivity contribution in [3.05, 3.63) is 48.2 Å². The first-order valence-electron chi connectivity index (χ1n) is 7.96. The van der Waals surface area contributed by atoms with E-state index in [4.69, 9.17) is 4.52 Å². The van der Waals surface area contributed by atoms with Crippen LogP contribution in [0.25, 0.3) is 11.3 Å². The van der Waals surface area contributed by atoms with Gasteiger partial charge in [0.2, 0.25) is 5.89 Å². The Labute approximate surface area is 152 Å². The molecule has 0 aliphatic carbocycles. The van der Waals surface area contributed by atoms with Gasteiger partial charge in [0, 0.05) is 5.92 Å². The molecule has 0 saturated heterocycles. The molecule has 9 heteroatoms. The summed E-state index contributed by atoms with van der Waals surface area (Å²) in [5, 5.41) is 4.11. The number of alkyl halides is 3. The van der Waals surface area contributed by atoms with E-state index >= 15 is 0 Å². The smallest absolute Gasteiger partial charge is 0.338 e. The summed E-state index contributed by atoms with van der Waals surface area (Å²) in [6.45, 7) is 2.76. The van der Waals surface area contributed by atoms with E-state index in [0.717, 1.165) is 11.8 Å². The van der Waals surface area contributed by atoms with Gasteiger partial charge in [-0.05, 0) is 5.56 Å². The summed E-state index contributed by atoms with van der Waals surface area (Å²) in [7, 11) is 0. The van der Waals surface area contributed by atoms with Gasteiger partial charge in [-0.1, -0.05) is 61.1 Å². The van der Waals surface area contributed by atoms with Crippen LogP contribution in [0.5, 0.6) is 0 Å². The highest BCUT2D eigenvalue weighted by Crippen LogP contribution is 2.31. The summed E-state index contributed by atoms with van der Waals surface area (Å²) in [5.74, 6) is 1.31. The molecule has 0 saturated carbocycles. The van der Waals surface area contributed by atoms with Crippen molar-refractivity contribution in [3.8, 4) is 11.3 Å². The van der Waals surface area contributed by atoms with E-state index in [9.17, 15) is 13.2 Å². The Bertz CT molecular complexity index is 859. The average molecular weight is 382 g/mol. The van der Waals surface area contributed by atoms with Gasteiger partial charge in [0.05, 0.1) is 17.6 Å². The Morgan fingerprint density at radius 2 is 1.92 bits per heavy atom. The SMILES string of the molecule is CC(C)c1noc(CSc2ncc(-c3ccccc3)n2CC(F)(F)F)n1. The number of benzene rings is 1. The van der Waals surface area contributed by atoms with E-state index in [1.54, 1.807) is 24.3 Å². The number of nitrogens with zero attached hydrogens (tertiary/aromatic N) is 4. The van der Waals surface area contributed by atoms with Crippen molar-refractivity contribution in [3.63, 3.8) is 0 Å². The van der Waals surface area contributed by atoms with Crippen LogP contribution < -0.4 is 0 Å². The Kier molecular flexibility index (Phi) is 5.36. The van der Waals surface area contributed by atoms with Crippen LogP contribution in [0.3, 0.4) is 0 Å². The lowest BCUT2D eigenvalue weighted by atomic mass is 10.2. The third kappa shape index (κ3) is 4.46. The van der Waals surface area contributed by atoms with Gasteiger partial charge < -0.3 is 9.09 Å². The normalized spacial score (nSPS) is 12.1. The third-order valence-corrected chi connectivity index (χ3v) is 4.53.